The molecular weight excluding hydrogens is 359 g/mol. The van der Waals surface area contributed by atoms with Gasteiger partial charge in [-0.25, -0.2) is 8.42 Å². The lowest BCUT2D eigenvalue weighted by Gasteiger charge is -2.17. The molecule has 0 radical (unpaired) electrons. The first-order valence-electron chi connectivity index (χ1n) is 7.64. The van der Waals surface area contributed by atoms with E-state index in [1.807, 2.05) is 25.5 Å². The first kappa shape index (κ1) is 21.3. The van der Waals surface area contributed by atoms with Crippen molar-refractivity contribution in [1.82, 2.24) is 4.72 Å². The Bertz CT molecular complexity index is 677. The van der Waals surface area contributed by atoms with Crippen molar-refractivity contribution in [1.29, 1.82) is 0 Å². The molecule has 0 heterocycles. The maximum Gasteiger partial charge on any atom is 0.573 e. The molecule has 0 bridgehead atoms. The fraction of sp³-hybridized carbons (Fsp3) is 0.562. The van der Waals surface area contributed by atoms with Gasteiger partial charge in [0.25, 0.3) is 0 Å². The Morgan fingerprint density at radius 3 is 2.16 bits per heavy atom. The minimum atomic E-state index is -4.76. The zero-order chi connectivity index (χ0) is 19.3. The molecule has 0 spiro atoms. The predicted molar refractivity (Wildman–Crippen MR) is 87.4 cm³/mol. The Kier molecular flexibility index (Phi) is 6.87. The molecule has 0 fully saturated rings. The third-order valence-electron chi connectivity index (χ3n) is 3.19. The molecule has 1 aromatic rings. The number of benzene rings is 1. The minimum Gasteiger partial charge on any atom is -0.406 e. The molecule has 1 aromatic carbocycles. The second-order valence-corrected chi connectivity index (χ2v) is 8.69. The van der Waals surface area contributed by atoms with Crippen LogP contribution in [0.1, 0.15) is 39.2 Å². The number of hydrogen-bond donors (Lipinski definition) is 1. The van der Waals surface area contributed by atoms with Gasteiger partial charge in [-0.1, -0.05) is 32.9 Å². The topological polar surface area (TPSA) is 72.5 Å². The first-order chi connectivity index (χ1) is 11.3. The van der Waals surface area contributed by atoms with Crippen molar-refractivity contribution in [3.8, 4) is 5.75 Å². The molecule has 9 heteroatoms. The number of halogens is 3. The van der Waals surface area contributed by atoms with Gasteiger partial charge in [-0.05, 0) is 36.0 Å². The molecule has 1 amide bonds. The molecule has 0 saturated carbocycles. The molecule has 25 heavy (non-hydrogen) atoms. The summed E-state index contributed by atoms with van der Waals surface area (Å²) in [5, 5.41) is 0. The van der Waals surface area contributed by atoms with Crippen LogP contribution >= 0.6 is 0 Å². The maximum absolute atomic E-state index is 12.1. The Morgan fingerprint density at radius 2 is 1.68 bits per heavy atom. The monoisotopic (exact) mass is 381 g/mol. The standard InChI is InChI=1S/C16H22F3NO4S/c1-15(2,3)10-11-25(22,23)20-14(21)9-6-12-4-7-13(8-5-12)24-16(17,18)19/h4-5,7-8H,6,9-11H2,1-3H3,(H,20,21). The van der Waals surface area contributed by atoms with Crippen molar-refractivity contribution in [2.75, 3.05) is 5.75 Å². The molecule has 0 saturated heterocycles. The van der Waals surface area contributed by atoms with Gasteiger partial charge >= 0.3 is 6.36 Å². The third-order valence-corrected chi connectivity index (χ3v) is 4.47. The highest BCUT2D eigenvalue weighted by Crippen LogP contribution is 2.23. The van der Waals surface area contributed by atoms with E-state index in [0.717, 1.165) is 12.1 Å². The summed E-state index contributed by atoms with van der Waals surface area (Å²) >= 11 is 0. The van der Waals surface area contributed by atoms with Gasteiger partial charge in [0.2, 0.25) is 15.9 Å². The van der Waals surface area contributed by atoms with Crippen LogP contribution in [0.2, 0.25) is 0 Å². The fourth-order valence-corrected chi connectivity index (χ4v) is 3.26. The van der Waals surface area contributed by atoms with Gasteiger partial charge in [-0.3, -0.25) is 9.52 Å². The first-order valence-corrected chi connectivity index (χ1v) is 9.29. The summed E-state index contributed by atoms with van der Waals surface area (Å²) in [7, 11) is -3.69. The third kappa shape index (κ3) is 9.96. The summed E-state index contributed by atoms with van der Waals surface area (Å²) in [6, 6.07) is 5.06. The van der Waals surface area contributed by atoms with Crippen LogP contribution in [0.3, 0.4) is 0 Å². The van der Waals surface area contributed by atoms with E-state index >= 15 is 0 Å². The summed E-state index contributed by atoms with van der Waals surface area (Å²) in [5.74, 6) is -1.15. The average molecular weight is 381 g/mol. The van der Waals surface area contributed by atoms with E-state index in [-0.39, 0.29) is 29.8 Å². The van der Waals surface area contributed by atoms with Gasteiger partial charge in [0.15, 0.2) is 0 Å². The van der Waals surface area contributed by atoms with E-state index in [0.29, 0.717) is 12.0 Å². The lowest BCUT2D eigenvalue weighted by Crippen LogP contribution is -2.33. The van der Waals surface area contributed by atoms with Gasteiger partial charge in [-0.2, -0.15) is 0 Å². The van der Waals surface area contributed by atoms with Crippen molar-refractivity contribution in [2.24, 2.45) is 5.41 Å². The molecule has 5 nitrogen and oxygen atoms in total. The van der Waals surface area contributed by atoms with Crippen LogP contribution in [0, 0.1) is 5.41 Å². The fourth-order valence-electron chi connectivity index (χ4n) is 1.83. The van der Waals surface area contributed by atoms with E-state index in [1.54, 1.807) is 0 Å². The molecule has 0 aliphatic heterocycles. The van der Waals surface area contributed by atoms with Gasteiger partial charge in [0.1, 0.15) is 5.75 Å². The van der Waals surface area contributed by atoms with E-state index in [9.17, 15) is 26.4 Å². The molecule has 0 atom stereocenters. The van der Waals surface area contributed by atoms with Crippen molar-refractivity contribution >= 4 is 15.9 Å². The molecule has 0 aliphatic rings. The van der Waals surface area contributed by atoms with Crippen molar-refractivity contribution in [3.05, 3.63) is 29.8 Å². The number of carbonyl (C=O) groups excluding carboxylic acids is 1. The number of carbonyl (C=O) groups is 1. The number of aryl methyl sites for hydroxylation is 1. The van der Waals surface area contributed by atoms with Gasteiger partial charge < -0.3 is 4.74 Å². The maximum atomic E-state index is 12.1. The Balaban J connectivity index is 2.48. The normalized spacial score (nSPS) is 12.7. The quantitative estimate of drug-likeness (QED) is 0.786. The number of nitrogens with one attached hydrogen (secondary N) is 1. The number of alkyl halides is 3. The van der Waals surface area contributed by atoms with Crippen LogP contribution in [0.5, 0.6) is 5.75 Å². The lowest BCUT2D eigenvalue weighted by molar-refractivity contribution is -0.274. The van der Waals surface area contributed by atoms with Gasteiger partial charge in [-0.15, -0.1) is 13.2 Å². The van der Waals surface area contributed by atoms with Crippen molar-refractivity contribution < 1.29 is 31.1 Å². The largest absolute Gasteiger partial charge is 0.573 e. The van der Waals surface area contributed by atoms with Crippen LogP contribution in [0.15, 0.2) is 24.3 Å². The SMILES string of the molecule is CC(C)(C)CCS(=O)(=O)NC(=O)CCc1ccc(OC(F)(F)F)cc1. The van der Waals surface area contributed by atoms with Gasteiger partial charge in [0.05, 0.1) is 5.75 Å². The summed E-state index contributed by atoms with van der Waals surface area (Å²) in [6.07, 6.45) is -4.24. The minimum absolute atomic E-state index is 0.0891. The molecule has 0 aromatic heterocycles. The summed E-state index contributed by atoms with van der Waals surface area (Å²) in [5.41, 5.74) is 0.426. The highest BCUT2D eigenvalue weighted by molar-refractivity contribution is 7.90. The van der Waals surface area contributed by atoms with Gasteiger partial charge in [0, 0.05) is 6.42 Å². The molecule has 0 unspecified atom stereocenters. The lowest BCUT2D eigenvalue weighted by atomic mass is 9.94. The second kappa shape index (κ2) is 8.07. The predicted octanol–water partition coefficient (Wildman–Crippen LogP) is 3.40. The summed E-state index contributed by atoms with van der Waals surface area (Å²) in [4.78, 5) is 11.7. The zero-order valence-corrected chi connectivity index (χ0v) is 15.1. The average Bonchev–Trinajstić information content (AvgIpc) is 2.42. The number of ether oxygens (including phenoxy) is 1. The Morgan fingerprint density at radius 1 is 1.12 bits per heavy atom. The Labute approximate surface area is 145 Å². The Hall–Kier alpha value is -1.77. The van der Waals surface area contributed by atoms with E-state index in [4.69, 9.17) is 0 Å². The number of amides is 1. The highest BCUT2D eigenvalue weighted by Gasteiger charge is 2.30. The smallest absolute Gasteiger partial charge is 0.406 e. The molecule has 0 aliphatic carbocycles. The van der Waals surface area contributed by atoms with Crippen LogP contribution in [-0.4, -0.2) is 26.4 Å². The van der Waals surface area contributed by atoms with Crippen molar-refractivity contribution in [3.63, 3.8) is 0 Å². The van der Waals surface area contributed by atoms with E-state index in [2.05, 4.69) is 4.74 Å². The summed E-state index contributed by atoms with van der Waals surface area (Å²) in [6.45, 7) is 5.70. The summed E-state index contributed by atoms with van der Waals surface area (Å²) < 4.78 is 65.6. The molecule has 1 rings (SSSR count). The van der Waals surface area contributed by atoms with E-state index in [1.165, 1.54) is 12.1 Å². The van der Waals surface area contributed by atoms with Crippen molar-refractivity contribution in [2.45, 2.75) is 46.4 Å². The van der Waals surface area contributed by atoms with Crippen LogP contribution in [0.25, 0.3) is 0 Å². The van der Waals surface area contributed by atoms with Crippen LogP contribution in [0.4, 0.5) is 13.2 Å². The molecular formula is C16H22F3NO4S. The van der Waals surface area contributed by atoms with Crippen LogP contribution < -0.4 is 9.46 Å². The molecule has 1 N–H and O–H groups in total. The second-order valence-electron chi connectivity index (χ2n) is 6.85. The zero-order valence-electron chi connectivity index (χ0n) is 14.3. The number of sulfonamides is 1. The highest BCUT2D eigenvalue weighted by atomic mass is 32.2. The van der Waals surface area contributed by atoms with Crippen LogP contribution in [-0.2, 0) is 21.2 Å². The number of hydrogen-bond acceptors (Lipinski definition) is 4. The molecule has 142 valence electrons. The number of rotatable bonds is 7. The van der Waals surface area contributed by atoms with E-state index < -0.39 is 22.3 Å².